The third-order valence-electron chi connectivity index (χ3n) is 4.61. The monoisotopic (exact) mass is 446 g/mol. The van der Waals surface area contributed by atoms with Crippen LogP contribution in [0.3, 0.4) is 0 Å². The highest BCUT2D eigenvalue weighted by atomic mass is 19.1. The van der Waals surface area contributed by atoms with Crippen LogP contribution in [-0.2, 0) is 0 Å². The first kappa shape index (κ1) is 21.7. The number of nitrogens with one attached hydrogen (secondary N) is 2. The lowest BCUT2D eigenvalue weighted by Gasteiger charge is -2.11. The molecular weight excluding hydrogens is 427 g/mol. The van der Waals surface area contributed by atoms with Gasteiger partial charge in [0.2, 0.25) is 0 Å². The quantitative estimate of drug-likeness (QED) is 0.465. The summed E-state index contributed by atoms with van der Waals surface area (Å²) in [4.78, 5) is 37.2. The summed E-state index contributed by atoms with van der Waals surface area (Å²) in [6.45, 7) is 3.97. The topological polar surface area (TPSA) is 128 Å². The number of nitrogens with zero attached hydrogens (tertiary/aromatic N) is 6. The third kappa shape index (κ3) is 4.87. The van der Waals surface area contributed by atoms with Crippen molar-refractivity contribution in [2.75, 3.05) is 10.6 Å². The van der Waals surface area contributed by atoms with Gasteiger partial charge in [-0.3, -0.25) is 14.6 Å². The molecule has 10 nitrogen and oxygen atoms in total. The van der Waals surface area contributed by atoms with Crippen molar-refractivity contribution in [1.29, 1.82) is 0 Å². The van der Waals surface area contributed by atoms with Crippen LogP contribution in [0.5, 0.6) is 0 Å². The van der Waals surface area contributed by atoms with Crippen molar-refractivity contribution in [3.8, 4) is 11.5 Å². The van der Waals surface area contributed by atoms with E-state index >= 15 is 0 Å². The number of benzene rings is 1. The number of carbonyl (C=O) groups is 2. The number of rotatable bonds is 6. The molecule has 0 saturated heterocycles. The number of aromatic nitrogens is 6. The van der Waals surface area contributed by atoms with Gasteiger partial charge in [0.05, 0.1) is 11.8 Å². The predicted molar refractivity (Wildman–Crippen MR) is 118 cm³/mol. The van der Waals surface area contributed by atoms with Gasteiger partial charge in [0.25, 0.3) is 11.8 Å². The maximum Gasteiger partial charge on any atom is 0.275 e. The first-order chi connectivity index (χ1) is 15.9. The van der Waals surface area contributed by atoms with Crippen molar-refractivity contribution in [2.45, 2.75) is 19.9 Å². The fourth-order valence-corrected chi connectivity index (χ4v) is 3.00. The Labute approximate surface area is 188 Å². The first-order valence-corrected chi connectivity index (χ1v) is 9.97. The molecule has 2 N–H and O–H groups in total. The molecule has 4 aromatic rings. The lowest BCUT2D eigenvalue weighted by molar-refractivity contribution is 0.101. The number of hydrogen-bond donors (Lipinski definition) is 2. The van der Waals surface area contributed by atoms with Gasteiger partial charge in [-0.15, -0.1) is 10.2 Å². The lowest BCUT2D eigenvalue weighted by Crippen LogP contribution is -2.17. The van der Waals surface area contributed by atoms with Crippen LogP contribution < -0.4 is 10.6 Å². The predicted octanol–water partition coefficient (Wildman–Crippen LogP) is 3.35. The van der Waals surface area contributed by atoms with Crippen molar-refractivity contribution < 1.29 is 14.0 Å². The molecule has 3 heterocycles. The Bertz CT molecular complexity index is 1310. The Kier molecular flexibility index (Phi) is 6.11. The van der Waals surface area contributed by atoms with E-state index in [0.717, 1.165) is 6.07 Å². The van der Waals surface area contributed by atoms with Gasteiger partial charge < -0.3 is 15.2 Å². The molecule has 0 atom stereocenters. The van der Waals surface area contributed by atoms with Crippen molar-refractivity contribution >= 4 is 23.3 Å². The van der Waals surface area contributed by atoms with E-state index in [1.165, 1.54) is 30.7 Å². The van der Waals surface area contributed by atoms with Gasteiger partial charge >= 0.3 is 0 Å². The second-order valence-electron chi connectivity index (χ2n) is 7.26. The summed E-state index contributed by atoms with van der Waals surface area (Å²) >= 11 is 0. The molecule has 2 amide bonds. The molecular formula is C22H19FN8O2. The van der Waals surface area contributed by atoms with Gasteiger partial charge in [-0.25, -0.2) is 14.4 Å². The summed E-state index contributed by atoms with van der Waals surface area (Å²) in [5.74, 6) is -1.26. The number of hydrogen-bond acceptors (Lipinski definition) is 7. The number of amides is 2. The first-order valence-electron chi connectivity index (χ1n) is 9.97. The Balaban J connectivity index is 1.54. The molecule has 0 aliphatic heterocycles. The van der Waals surface area contributed by atoms with E-state index < -0.39 is 17.6 Å². The molecule has 0 spiro atoms. The van der Waals surface area contributed by atoms with Crippen molar-refractivity contribution in [3.63, 3.8) is 0 Å². The minimum absolute atomic E-state index is 0.0862. The molecule has 33 heavy (non-hydrogen) atoms. The molecule has 11 heteroatoms. The number of halogens is 1. The van der Waals surface area contributed by atoms with Gasteiger partial charge in [-0.1, -0.05) is 6.07 Å². The SMILES string of the molecule is CC(C)n1cnnc1-c1cccc(NC(=O)c2cc(NC(=O)c3cnccn3)ccc2F)n1. The number of pyridine rings is 1. The molecule has 4 rings (SSSR count). The normalized spacial score (nSPS) is 10.8. The second kappa shape index (κ2) is 9.30. The van der Waals surface area contributed by atoms with E-state index in [9.17, 15) is 14.0 Å². The highest BCUT2D eigenvalue weighted by Gasteiger charge is 2.17. The summed E-state index contributed by atoms with van der Waals surface area (Å²) in [5, 5.41) is 13.2. The van der Waals surface area contributed by atoms with Crippen LogP contribution in [0.25, 0.3) is 11.5 Å². The third-order valence-corrected chi connectivity index (χ3v) is 4.61. The van der Waals surface area contributed by atoms with Crippen molar-refractivity contribution in [3.05, 3.63) is 78.4 Å². The molecule has 0 bridgehead atoms. The summed E-state index contributed by atoms with van der Waals surface area (Å²) < 4.78 is 16.2. The van der Waals surface area contributed by atoms with Crippen molar-refractivity contribution in [2.24, 2.45) is 0 Å². The fraction of sp³-hybridized carbons (Fsp3) is 0.136. The summed E-state index contributed by atoms with van der Waals surface area (Å²) in [6.07, 6.45) is 5.71. The Morgan fingerprint density at radius 2 is 1.91 bits per heavy atom. The molecule has 0 aliphatic rings. The van der Waals surface area contributed by atoms with Crippen LogP contribution in [0.4, 0.5) is 15.9 Å². The second-order valence-corrected chi connectivity index (χ2v) is 7.26. The van der Waals surface area contributed by atoms with Gasteiger partial charge in [-0.05, 0) is 44.2 Å². The van der Waals surface area contributed by atoms with E-state index in [4.69, 9.17) is 0 Å². The van der Waals surface area contributed by atoms with Crippen LogP contribution in [0.2, 0.25) is 0 Å². The zero-order chi connectivity index (χ0) is 23.4. The Morgan fingerprint density at radius 1 is 1.06 bits per heavy atom. The minimum atomic E-state index is -0.749. The van der Waals surface area contributed by atoms with Crippen LogP contribution in [0, 0.1) is 5.82 Å². The van der Waals surface area contributed by atoms with E-state index in [1.54, 1.807) is 24.5 Å². The van der Waals surface area contributed by atoms with Crippen molar-refractivity contribution in [1.82, 2.24) is 29.7 Å². The number of carbonyl (C=O) groups excluding carboxylic acids is 2. The molecule has 0 radical (unpaired) electrons. The average Bonchev–Trinajstić information content (AvgIpc) is 3.31. The maximum atomic E-state index is 14.4. The van der Waals surface area contributed by atoms with E-state index in [0.29, 0.717) is 11.5 Å². The molecule has 3 aromatic heterocycles. The summed E-state index contributed by atoms with van der Waals surface area (Å²) in [5.41, 5.74) is 0.556. The van der Waals surface area contributed by atoms with E-state index in [-0.39, 0.29) is 28.8 Å². The lowest BCUT2D eigenvalue weighted by atomic mass is 10.1. The summed E-state index contributed by atoms with van der Waals surface area (Å²) in [7, 11) is 0. The zero-order valence-electron chi connectivity index (χ0n) is 17.7. The van der Waals surface area contributed by atoms with Crippen LogP contribution in [0.1, 0.15) is 40.7 Å². The van der Waals surface area contributed by atoms with Gasteiger partial charge in [0, 0.05) is 24.1 Å². The minimum Gasteiger partial charge on any atom is -0.321 e. The molecule has 0 fully saturated rings. The van der Waals surface area contributed by atoms with Crippen LogP contribution >= 0.6 is 0 Å². The Morgan fingerprint density at radius 3 is 2.67 bits per heavy atom. The highest BCUT2D eigenvalue weighted by molar-refractivity contribution is 6.06. The average molecular weight is 446 g/mol. The summed E-state index contributed by atoms with van der Waals surface area (Å²) in [6, 6.07) is 8.80. The molecule has 0 saturated carbocycles. The zero-order valence-corrected chi connectivity index (χ0v) is 17.7. The smallest absolute Gasteiger partial charge is 0.275 e. The molecule has 166 valence electrons. The molecule has 1 aromatic carbocycles. The molecule has 0 unspecified atom stereocenters. The standard InChI is InChI=1S/C22H19FN8O2/c1-13(2)31-12-26-30-20(31)17-4-3-5-19(28-17)29-21(32)15-10-14(6-7-16(15)23)27-22(33)18-11-24-8-9-25-18/h3-13H,1-2H3,(H,27,33)(H,28,29,32). The maximum absolute atomic E-state index is 14.4. The Hall–Kier alpha value is -4.54. The fourth-order valence-electron chi connectivity index (χ4n) is 3.00. The van der Waals surface area contributed by atoms with E-state index in [2.05, 4.69) is 35.8 Å². The highest BCUT2D eigenvalue weighted by Crippen LogP contribution is 2.21. The van der Waals surface area contributed by atoms with Gasteiger partial charge in [0.1, 0.15) is 29.4 Å². The van der Waals surface area contributed by atoms with E-state index in [1.807, 2.05) is 18.4 Å². The van der Waals surface area contributed by atoms with Gasteiger partial charge in [0.15, 0.2) is 5.82 Å². The van der Waals surface area contributed by atoms with Crippen LogP contribution in [0.15, 0.2) is 61.3 Å². The molecule has 0 aliphatic carbocycles. The number of anilines is 2. The van der Waals surface area contributed by atoms with Crippen LogP contribution in [-0.4, -0.2) is 41.5 Å². The van der Waals surface area contributed by atoms with Gasteiger partial charge in [-0.2, -0.15) is 0 Å². The largest absolute Gasteiger partial charge is 0.321 e.